The first-order chi connectivity index (χ1) is 11.4. The minimum absolute atomic E-state index is 0.0226. The van der Waals surface area contributed by atoms with Crippen LogP contribution in [-0.2, 0) is 6.54 Å². The van der Waals surface area contributed by atoms with Crippen LogP contribution in [0.15, 0.2) is 53.6 Å². The van der Waals surface area contributed by atoms with E-state index in [0.717, 1.165) is 22.4 Å². The normalized spacial score (nSPS) is 16.2. The lowest BCUT2D eigenvalue weighted by molar-refractivity contribution is 0.740. The number of benzene rings is 2. The number of rotatable bonds is 1. The molecule has 0 saturated heterocycles. The molecule has 0 saturated carbocycles. The van der Waals surface area contributed by atoms with Gasteiger partial charge in [-0.1, -0.05) is 63.2 Å². The van der Waals surface area contributed by atoms with E-state index in [9.17, 15) is 0 Å². The molecule has 0 fully saturated rings. The Morgan fingerprint density at radius 3 is 2.33 bits per heavy atom. The molecule has 5 heteroatoms. The molecule has 0 aliphatic carbocycles. The molecule has 3 rings (SSSR count). The fourth-order valence-electron chi connectivity index (χ4n) is 3.07. The van der Waals surface area contributed by atoms with Crippen LogP contribution in [-0.4, -0.2) is 18.8 Å². The molecule has 24 heavy (non-hydrogen) atoms. The predicted octanol–water partition coefficient (Wildman–Crippen LogP) is 3.58. The second kappa shape index (κ2) is 6.15. The van der Waals surface area contributed by atoms with E-state index in [1.807, 2.05) is 36.4 Å². The summed E-state index contributed by atoms with van der Waals surface area (Å²) in [6.45, 7) is 7.26. The average molecular weight is 317 g/mol. The van der Waals surface area contributed by atoms with E-state index in [1.54, 1.807) is 0 Å². The summed E-state index contributed by atoms with van der Waals surface area (Å²) >= 11 is 0. The number of hydrogen-bond acceptors (Lipinski definition) is 4. The average Bonchev–Trinajstić information content (AvgIpc) is 2.53. The minimum atomic E-state index is 0.0226. The Kier molecular flexibility index (Phi) is 4.18. The van der Waals surface area contributed by atoms with Crippen LogP contribution in [0.3, 0.4) is 0 Å². The van der Waals surface area contributed by atoms with Crippen LogP contribution in [0.4, 0.5) is 5.69 Å². The van der Waals surface area contributed by atoms with Gasteiger partial charge in [0.1, 0.15) is 5.71 Å². The third kappa shape index (κ3) is 3.07. The highest BCUT2D eigenvalue weighted by Crippen LogP contribution is 2.32. The first-order valence-corrected chi connectivity index (χ1v) is 8.08. The molecule has 0 unspecified atom stereocenters. The Morgan fingerprint density at radius 1 is 1.04 bits per heavy atom. The van der Waals surface area contributed by atoms with Crippen molar-refractivity contribution in [2.24, 2.45) is 10.9 Å². The Bertz CT molecular complexity index is 805. The fraction of sp³-hybridized carbons (Fsp3) is 0.263. The van der Waals surface area contributed by atoms with Gasteiger partial charge in [0.25, 0.3) is 7.41 Å². The van der Waals surface area contributed by atoms with Gasteiger partial charge in [-0.3, -0.25) is 5.41 Å². The first-order valence-electron chi connectivity index (χ1n) is 8.08. The zero-order valence-electron chi connectivity index (χ0n) is 14.4. The lowest BCUT2D eigenvalue weighted by atomic mass is 9.62. The SMILES string of the molecule is CC(C)(C)[B]N1Cc2ccccc2C(=N)C(=NN)c2ccccc21. The van der Waals surface area contributed by atoms with Crippen LogP contribution in [0.2, 0.25) is 5.31 Å². The van der Waals surface area contributed by atoms with Crippen molar-refractivity contribution in [3.8, 4) is 0 Å². The minimum Gasteiger partial charge on any atom is -0.414 e. The van der Waals surface area contributed by atoms with Gasteiger partial charge in [-0.05, 0) is 16.9 Å². The summed E-state index contributed by atoms with van der Waals surface area (Å²) in [4.78, 5) is 2.24. The smallest absolute Gasteiger partial charge is 0.252 e. The van der Waals surface area contributed by atoms with Crippen LogP contribution in [0.1, 0.15) is 37.5 Å². The highest BCUT2D eigenvalue weighted by molar-refractivity contribution is 6.55. The van der Waals surface area contributed by atoms with Crippen molar-refractivity contribution in [1.29, 1.82) is 5.41 Å². The van der Waals surface area contributed by atoms with E-state index in [0.29, 0.717) is 18.0 Å². The van der Waals surface area contributed by atoms with Crippen molar-refractivity contribution < 1.29 is 0 Å². The van der Waals surface area contributed by atoms with Crippen LogP contribution < -0.4 is 10.7 Å². The van der Waals surface area contributed by atoms with Crippen LogP contribution in [0.25, 0.3) is 0 Å². The summed E-state index contributed by atoms with van der Waals surface area (Å²) in [5, 5.41) is 12.6. The van der Waals surface area contributed by atoms with E-state index >= 15 is 0 Å². The fourth-order valence-corrected chi connectivity index (χ4v) is 3.07. The lowest BCUT2D eigenvalue weighted by Gasteiger charge is -2.34. The molecule has 1 aliphatic rings. The number of hydrazone groups is 1. The van der Waals surface area contributed by atoms with Gasteiger partial charge in [0.15, 0.2) is 0 Å². The van der Waals surface area contributed by atoms with Gasteiger partial charge in [-0.25, -0.2) is 0 Å². The molecular weight excluding hydrogens is 295 g/mol. The van der Waals surface area contributed by atoms with E-state index < -0.39 is 0 Å². The third-order valence-corrected chi connectivity index (χ3v) is 4.01. The van der Waals surface area contributed by atoms with Crippen molar-refractivity contribution in [3.63, 3.8) is 0 Å². The third-order valence-electron chi connectivity index (χ3n) is 4.01. The molecule has 3 N–H and O–H groups in total. The zero-order chi connectivity index (χ0) is 17.3. The quantitative estimate of drug-likeness (QED) is 0.480. The Hall–Kier alpha value is -2.56. The maximum absolute atomic E-state index is 8.60. The molecule has 0 aromatic heterocycles. The van der Waals surface area contributed by atoms with Gasteiger partial charge in [-0.2, -0.15) is 5.10 Å². The molecule has 1 aliphatic heterocycles. The first kappa shape index (κ1) is 16.3. The van der Waals surface area contributed by atoms with Crippen LogP contribution in [0, 0.1) is 5.41 Å². The van der Waals surface area contributed by atoms with Gasteiger partial charge in [-0.15, -0.1) is 0 Å². The molecule has 1 heterocycles. The van der Waals surface area contributed by atoms with E-state index in [-0.39, 0.29) is 5.31 Å². The molecule has 0 atom stereocenters. The summed E-state index contributed by atoms with van der Waals surface area (Å²) in [7, 11) is 2.23. The summed E-state index contributed by atoms with van der Waals surface area (Å²) in [6.07, 6.45) is 0. The molecule has 4 nitrogen and oxygen atoms in total. The maximum Gasteiger partial charge on any atom is 0.252 e. The summed E-state index contributed by atoms with van der Waals surface area (Å²) in [5.41, 5.74) is 4.78. The van der Waals surface area contributed by atoms with Crippen molar-refractivity contribution >= 4 is 24.5 Å². The van der Waals surface area contributed by atoms with Crippen molar-refractivity contribution in [3.05, 3.63) is 65.2 Å². The number of nitrogens with one attached hydrogen (secondary N) is 1. The summed E-state index contributed by atoms with van der Waals surface area (Å²) in [5.74, 6) is 5.68. The number of nitrogens with zero attached hydrogens (tertiary/aromatic N) is 2. The van der Waals surface area contributed by atoms with Gasteiger partial charge in [0.2, 0.25) is 0 Å². The second-order valence-electron chi connectivity index (χ2n) is 7.15. The summed E-state index contributed by atoms with van der Waals surface area (Å²) < 4.78 is 0. The second-order valence-corrected chi connectivity index (χ2v) is 7.15. The van der Waals surface area contributed by atoms with E-state index in [1.165, 1.54) is 0 Å². The molecule has 2 aromatic rings. The maximum atomic E-state index is 8.60. The Morgan fingerprint density at radius 2 is 1.67 bits per heavy atom. The number of nitrogens with two attached hydrogens (primary N) is 1. The largest absolute Gasteiger partial charge is 0.414 e. The molecule has 2 aromatic carbocycles. The van der Waals surface area contributed by atoms with E-state index in [4.69, 9.17) is 11.3 Å². The van der Waals surface area contributed by atoms with Gasteiger partial charge in [0, 0.05) is 23.4 Å². The lowest BCUT2D eigenvalue weighted by Crippen LogP contribution is -2.37. The number of anilines is 1. The van der Waals surface area contributed by atoms with Gasteiger partial charge in [0.05, 0.1) is 5.71 Å². The molecule has 0 bridgehead atoms. The highest BCUT2D eigenvalue weighted by Gasteiger charge is 2.28. The molecule has 121 valence electrons. The van der Waals surface area contributed by atoms with Gasteiger partial charge < -0.3 is 10.7 Å². The highest BCUT2D eigenvalue weighted by atomic mass is 15.1. The Balaban J connectivity index is 2.22. The Labute approximate surface area is 144 Å². The molecular formula is C19H22BN4. The molecule has 1 radical (unpaired) electrons. The topological polar surface area (TPSA) is 65.5 Å². The number of para-hydroxylation sites is 1. The molecule has 0 amide bonds. The van der Waals surface area contributed by atoms with Crippen molar-refractivity contribution in [2.45, 2.75) is 32.6 Å². The molecule has 0 spiro atoms. The van der Waals surface area contributed by atoms with Crippen LogP contribution >= 0.6 is 0 Å². The van der Waals surface area contributed by atoms with Crippen molar-refractivity contribution in [2.75, 3.05) is 4.81 Å². The number of fused-ring (bicyclic) bond motifs is 2. The van der Waals surface area contributed by atoms with Crippen LogP contribution in [0.5, 0.6) is 0 Å². The monoisotopic (exact) mass is 317 g/mol. The van der Waals surface area contributed by atoms with Crippen molar-refractivity contribution in [1.82, 2.24) is 0 Å². The van der Waals surface area contributed by atoms with Gasteiger partial charge >= 0.3 is 0 Å². The standard InChI is InChI=1S/C19H22BN4/c1-19(2,3)20-24-12-13-8-4-5-9-14(13)17(21)18(23-22)15-10-6-7-11-16(15)24/h4-11,21H,12,22H2,1-3H3. The van der Waals surface area contributed by atoms with E-state index in [2.05, 4.69) is 50.2 Å². The number of hydrogen-bond donors (Lipinski definition) is 2. The summed E-state index contributed by atoms with van der Waals surface area (Å²) in [6, 6.07) is 16.0. The zero-order valence-corrected chi connectivity index (χ0v) is 14.4. The predicted molar refractivity (Wildman–Crippen MR) is 102 cm³/mol.